The van der Waals surface area contributed by atoms with Crippen LogP contribution in [0.3, 0.4) is 0 Å². The largest absolute Gasteiger partial charge is 0.488 e. The maximum absolute atomic E-state index is 6.53. The summed E-state index contributed by atoms with van der Waals surface area (Å²) in [6.45, 7) is 4.33. The van der Waals surface area contributed by atoms with Crippen LogP contribution < -0.4 is 10.5 Å². The molecule has 18 heavy (non-hydrogen) atoms. The van der Waals surface area contributed by atoms with Gasteiger partial charge in [0.25, 0.3) is 0 Å². The van der Waals surface area contributed by atoms with Gasteiger partial charge in [-0.25, -0.2) is 0 Å². The fourth-order valence-electron chi connectivity index (χ4n) is 3.24. The molecule has 1 heterocycles. The monoisotopic (exact) mass is 245 g/mol. The second-order valence-electron chi connectivity index (χ2n) is 6.55. The topological polar surface area (TPSA) is 35.2 Å². The smallest absolute Gasteiger partial charge is 0.123 e. The molecule has 1 fully saturated rings. The molecular weight excluding hydrogens is 222 g/mol. The second kappa shape index (κ2) is 3.99. The Bertz CT molecular complexity index is 458. The first kappa shape index (κ1) is 12.0. The number of nitrogens with two attached hydrogens (primary N) is 1. The Labute approximate surface area is 110 Å². The first-order valence-corrected chi connectivity index (χ1v) is 7.10. The molecule has 2 nitrogen and oxygen atoms in total. The zero-order chi connectivity index (χ0) is 12.8. The van der Waals surface area contributed by atoms with Crippen LogP contribution in [0.4, 0.5) is 0 Å². The Hall–Kier alpha value is -1.02. The van der Waals surface area contributed by atoms with Gasteiger partial charge in [0.2, 0.25) is 0 Å². The van der Waals surface area contributed by atoms with Crippen molar-refractivity contribution >= 4 is 0 Å². The minimum atomic E-state index is -0.111. The molecule has 98 valence electrons. The van der Waals surface area contributed by atoms with Crippen LogP contribution in [0.2, 0.25) is 0 Å². The predicted molar refractivity (Wildman–Crippen MR) is 73.8 cm³/mol. The summed E-state index contributed by atoms with van der Waals surface area (Å²) in [6, 6.07) is 6.63. The Morgan fingerprint density at radius 2 is 1.83 bits per heavy atom. The first-order valence-electron chi connectivity index (χ1n) is 7.10. The van der Waals surface area contributed by atoms with Crippen molar-refractivity contribution in [2.75, 3.05) is 0 Å². The lowest BCUT2D eigenvalue weighted by atomic mass is 9.86. The van der Waals surface area contributed by atoms with Gasteiger partial charge in [-0.05, 0) is 56.7 Å². The van der Waals surface area contributed by atoms with Gasteiger partial charge in [-0.3, -0.25) is 0 Å². The SMILES string of the molecule is CC1(C)CCc2ccc(C3(N)CCCC3)cc2O1. The fraction of sp³-hybridized carbons (Fsp3) is 0.625. The first-order chi connectivity index (χ1) is 8.49. The molecule has 0 aromatic heterocycles. The molecule has 0 radical (unpaired) electrons. The highest BCUT2D eigenvalue weighted by atomic mass is 16.5. The number of fused-ring (bicyclic) bond motifs is 1. The summed E-state index contributed by atoms with van der Waals surface area (Å²) in [5.74, 6) is 1.06. The molecule has 0 saturated heterocycles. The third-order valence-corrected chi connectivity index (χ3v) is 4.52. The summed E-state index contributed by atoms with van der Waals surface area (Å²) in [4.78, 5) is 0. The highest BCUT2D eigenvalue weighted by Crippen LogP contribution is 2.40. The predicted octanol–water partition coefficient (Wildman–Crippen LogP) is 3.52. The van der Waals surface area contributed by atoms with Crippen LogP contribution in [-0.2, 0) is 12.0 Å². The molecule has 1 saturated carbocycles. The van der Waals surface area contributed by atoms with Crippen molar-refractivity contribution in [2.45, 2.75) is 63.5 Å². The van der Waals surface area contributed by atoms with Gasteiger partial charge in [0.05, 0.1) is 0 Å². The summed E-state index contributed by atoms with van der Waals surface area (Å²) < 4.78 is 6.11. The summed E-state index contributed by atoms with van der Waals surface area (Å²) in [5, 5.41) is 0. The van der Waals surface area contributed by atoms with Crippen LogP contribution in [0.1, 0.15) is 57.1 Å². The zero-order valence-electron chi connectivity index (χ0n) is 11.5. The average Bonchev–Trinajstić information content (AvgIpc) is 2.75. The molecule has 1 aromatic rings. The second-order valence-corrected chi connectivity index (χ2v) is 6.55. The van der Waals surface area contributed by atoms with E-state index in [9.17, 15) is 0 Å². The number of rotatable bonds is 1. The van der Waals surface area contributed by atoms with E-state index in [1.54, 1.807) is 0 Å². The molecule has 1 aliphatic carbocycles. The third kappa shape index (κ3) is 2.03. The fourth-order valence-corrected chi connectivity index (χ4v) is 3.24. The van der Waals surface area contributed by atoms with Gasteiger partial charge in [-0.1, -0.05) is 25.0 Å². The molecule has 1 aliphatic heterocycles. The lowest BCUT2D eigenvalue weighted by molar-refractivity contribution is 0.0844. The van der Waals surface area contributed by atoms with E-state index in [4.69, 9.17) is 10.5 Å². The van der Waals surface area contributed by atoms with Crippen molar-refractivity contribution in [3.8, 4) is 5.75 Å². The number of benzene rings is 1. The van der Waals surface area contributed by atoms with Crippen LogP contribution in [-0.4, -0.2) is 5.60 Å². The lowest BCUT2D eigenvalue weighted by Gasteiger charge is -2.34. The van der Waals surface area contributed by atoms with Gasteiger partial charge in [-0.15, -0.1) is 0 Å². The van der Waals surface area contributed by atoms with E-state index in [0.717, 1.165) is 31.4 Å². The van der Waals surface area contributed by atoms with Gasteiger partial charge in [-0.2, -0.15) is 0 Å². The van der Waals surface area contributed by atoms with Gasteiger partial charge in [0.1, 0.15) is 11.4 Å². The maximum atomic E-state index is 6.53. The maximum Gasteiger partial charge on any atom is 0.123 e. The molecule has 2 heteroatoms. The summed E-state index contributed by atoms with van der Waals surface area (Å²) in [5.41, 5.74) is 8.97. The Morgan fingerprint density at radius 1 is 1.11 bits per heavy atom. The molecule has 2 aliphatic rings. The molecule has 0 bridgehead atoms. The van der Waals surface area contributed by atoms with Gasteiger partial charge in [0.15, 0.2) is 0 Å². The Balaban J connectivity index is 1.95. The van der Waals surface area contributed by atoms with Crippen LogP contribution >= 0.6 is 0 Å². The lowest BCUT2D eigenvalue weighted by Crippen LogP contribution is -2.35. The normalized spacial score (nSPS) is 24.4. The van der Waals surface area contributed by atoms with E-state index < -0.39 is 0 Å². The van der Waals surface area contributed by atoms with Crippen LogP contribution in [0.25, 0.3) is 0 Å². The minimum Gasteiger partial charge on any atom is -0.488 e. The molecular formula is C16H23NO. The van der Waals surface area contributed by atoms with Crippen molar-refractivity contribution in [2.24, 2.45) is 5.73 Å². The van der Waals surface area contributed by atoms with Crippen molar-refractivity contribution in [1.29, 1.82) is 0 Å². The number of hydrogen-bond donors (Lipinski definition) is 1. The summed E-state index contributed by atoms with van der Waals surface area (Å²) >= 11 is 0. The highest BCUT2D eigenvalue weighted by Gasteiger charge is 2.33. The van der Waals surface area contributed by atoms with Crippen molar-refractivity contribution in [1.82, 2.24) is 0 Å². The quantitative estimate of drug-likeness (QED) is 0.821. The van der Waals surface area contributed by atoms with Gasteiger partial charge < -0.3 is 10.5 Å². The zero-order valence-corrected chi connectivity index (χ0v) is 11.5. The Kier molecular flexibility index (Phi) is 2.67. The van der Waals surface area contributed by atoms with Crippen molar-refractivity contribution in [3.63, 3.8) is 0 Å². The van der Waals surface area contributed by atoms with Gasteiger partial charge in [0, 0.05) is 5.54 Å². The number of hydrogen-bond acceptors (Lipinski definition) is 2. The Morgan fingerprint density at radius 3 is 2.56 bits per heavy atom. The average molecular weight is 245 g/mol. The minimum absolute atomic E-state index is 0.0386. The third-order valence-electron chi connectivity index (χ3n) is 4.52. The molecule has 0 atom stereocenters. The van der Waals surface area contributed by atoms with E-state index in [0.29, 0.717) is 0 Å². The van der Waals surface area contributed by atoms with E-state index in [1.807, 2.05) is 0 Å². The molecule has 3 rings (SSSR count). The van der Waals surface area contributed by atoms with Gasteiger partial charge >= 0.3 is 0 Å². The van der Waals surface area contributed by atoms with Crippen LogP contribution in [0.5, 0.6) is 5.75 Å². The van der Waals surface area contributed by atoms with Crippen molar-refractivity contribution in [3.05, 3.63) is 29.3 Å². The number of aryl methyl sites for hydroxylation is 1. The van der Waals surface area contributed by atoms with Crippen LogP contribution in [0, 0.1) is 0 Å². The van der Waals surface area contributed by atoms with E-state index in [2.05, 4.69) is 32.0 Å². The van der Waals surface area contributed by atoms with Crippen molar-refractivity contribution < 1.29 is 4.74 Å². The summed E-state index contributed by atoms with van der Waals surface area (Å²) in [7, 11) is 0. The highest BCUT2D eigenvalue weighted by molar-refractivity contribution is 5.42. The van der Waals surface area contributed by atoms with Crippen LogP contribution in [0.15, 0.2) is 18.2 Å². The van der Waals surface area contributed by atoms with E-state index in [-0.39, 0.29) is 11.1 Å². The number of ether oxygens (including phenoxy) is 1. The van der Waals surface area contributed by atoms with E-state index >= 15 is 0 Å². The molecule has 0 unspecified atom stereocenters. The standard InChI is InChI=1S/C16H23NO/c1-15(2)10-7-12-5-6-13(11-14(12)18-15)16(17)8-3-4-9-16/h5-6,11H,3-4,7-10,17H2,1-2H3. The summed E-state index contributed by atoms with van der Waals surface area (Å²) in [6.07, 6.45) is 6.91. The molecule has 2 N–H and O–H groups in total. The molecule has 0 amide bonds. The molecule has 1 aromatic carbocycles. The molecule has 0 spiro atoms. The van der Waals surface area contributed by atoms with E-state index in [1.165, 1.54) is 24.0 Å².